The van der Waals surface area contributed by atoms with Crippen molar-refractivity contribution in [2.24, 2.45) is 0 Å². The molecule has 1 atom stereocenters. The van der Waals surface area contributed by atoms with Crippen molar-refractivity contribution < 1.29 is 14.6 Å². The van der Waals surface area contributed by atoms with Crippen LogP contribution in [-0.2, 0) is 4.79 Å². The highest BCUT2D eigenvalue weighted by molar-refractivity contribution is 5.95. The van der Waals surface area contributed by atoms with Gasteiger partial charge >= 0.3 is 5.97 Å². The normalized spacial score (nSPS) is 16.9. The van der Waals surface area contributed by atoms with Gasteiger partial charge in [-0.25, -0.2) is 4.79 Å². The number of carboxylic acids is 1. The molecule has 1 unspecified atom stereocenters. The first-order chi connectivity index (χ1) is 9.65. The molecule has 3 nitrogen and oxygen atoms in total. The second kappa shape index (κ2) is 4.85. The van der Waals surface area contributed by atoms with Gasteiger partial charge in [-0.3, -0.25) is 0 Å². The highest BCUT2D eigenvalue weighted by Crippen LogP contribution is 2.37. The molecule has 2 aromatic rings. The summed E-state index contributed by atoms with van der Waals surface area (Å²) in [5.74, 6) is -0.242. The van der Waals surface area contributed by atoms with Gasteiger partial charge in [0.05, 0.1) is 5.57 Å². The fourth-order valence-electron chi connectivity index (χ4n) is 2.30. The van der Waals surface area contributed by atoms with E-state index < -0.39 is 12.1 Å². The molecule has 1 heterocycles. The van der Waals surface area contributed by atoms with E-state index in [-0.39, 0.29) is 5.57 Å². The molecule has 0 spiro atoms. The molecule has 0 radical (unpaired) electrons. The van der Waals surface area contributed by atoms with Gasteiger partial charge in [0.25, 0.3) is 0 Å². The van der Waals surface area contributed by atoms with Crippen molar-refractivity contribution in [3.05, 3.63) is 70.8 Å². The largest absolute Gasteiger partial charge is 0.480 e. The monoisotopic (exact) mass is 266 g/mol. The predicted molar refractivity (Wildman–Crippen MR) is 76.6 cm³/mol. The first-order valence-electron chi connectivity index (χ1n) is 6.42. The standard InChI is InChI=1S/C17H14O3/c1-11-6-8-12(9-7-11)16-14(17(18)19)10-13-4-2-3-5-15(13)20-16/h2-10,16H,1H3,(H,18,19). The number of para-hydroxylation sites is 1. The van der Waals surface area contributed by atoms with Crippen LogP contribution in [0.25, 0.3) is 6.08 Å². The topological polar surface area (TPSA) is 46.5 Å². The van der Waals surface area contributed by atoms with Crippen LogP contribution in [0.4, 0.5) is 0 Å². The second-order valence-electron chi connectivity index (χ2n) is 4.85. The van der Waals surface area contributed by atoms with Gasteiger partial charge in [0.2, 0.25) is 0 Å². The van der Waals surface area contributed by atoms with Crippen molar-refractivity contribution in [3.63, 3.8) is 0 Å². The molecule has 3 rings (SSSR count). The quantitative estimate of drug-likeness (QED) is 0.903. The summed E-state index contributed by atoms with van der Waals surface area (Å²) in [4.78, 5) is 11.5. The molecule has 3 heteroatoms. The number of hydrogen-bond acceptors (Lipinski definition) is 2. The zero-order valence-corrected chi connectivity index (χ0v) is 11.0. The number of aliphatic carboxylic acids is 1. The van der Waals surface area contributed by atoms with Crippen LogP contribution in [0.2, 0.25) is 0 Å². The summed E-state index contributed by atoms with van der Waals surface area (Å²) >= 11 is 0. The van der Waals surface area contributed by atoms with Crippen molar-refractivity contribution in [1.29, 1.82) is 0 Å². The minimum atomic E-state index is -0.954. The summed E-state index contributed by atoms with van der Waals surface area (Å²) in [7, 11) is 0. The van der Waals surface area contributed by atoms with Crippen LogP contribution in [-0.4, -0.2) is 11.1 Å². The van der Waals surface area contributed by atoms with Crippen LogP contribution in [0.15, 0.2) is 54.1 Å². The molecular weight excluding hydrogens is 252 g/mol. The van der Waals surface area contributed by atoms with E-state index in [9.17, 15) is 9.90 Å². The summed E-state index contributed by atoms with van der Waals surface area (Å²) in [6.07, 6.45) is 1.12. The minimum absolute atomic E-state index is 0.257. The smallest absolute Gasteiger partial charge is 0.335 e. The molecule has 100 valence electrons. The number of carbonyl (C=O) groups is 1. The van der Waals surface area contributed by atoms with Gasteiger partial charge in [0, 0.05) is 5.56 Å². The Kier molecular flexibility index (Phi) is 3.03. The Labute approximate surface area is 117 Å². The maximum atomic E-state index is 11.5. The number of hydrogen-bond donors (Lipinski definition) is 1. The Morgan fingerprint density at radius 2 is 1.80 bits per heavy atom. The van der Waals surface area contributed by atoms with Gasteiger partial charge < -0.3 is 9.84 Å². The van der Waals surface area contributed by atoms with Gasteiger partial charge in [-0.15, -0.1) is 0 Å². The van der Waals surface area contributed by atoms with Crippen LogP contribution >= 0.6 is 0 Å². The van der Waals surface area contributed by atoms with Crippen molar-refractivity contribution >= 4 is 12.0 Å². The Morgan fingerprint density at radius 1 is 1.10 bits per heavy atom. The molecule has 0 amide bonds. The van der Waals surface area contributed by atoms with E-state index in [1.54, 1.807) is 6.08 Å². The lowest BCUT2D eigenvalue weighted by molar-refractivity contribution is -0.133. The number of ether oxygens (including phenoxy) is 1. The van der Waals surface area contributed by atoms with E-state index >= 15 is 0 Å². The van der Waals surface area contributed by atoms with Crippen LogP contribution in [0.3, 0.4) is 0 Å². The second-order valence-corrected chi connectivity index (χ2v) is 4.85. The minimum Gasteiger partial charge on any atom is -0.480 e. The number of rotatable bonds is 2. The number of aryl methyl sites for hydroxylation is 1. The number of fused-ring (bicyclic) bond motifs is 1. The third-order valence-electron chi connectivity index (χ3n) is 3.38. The Morgan fingerprint density at radius 3 is 2.50 bits per heavy atom. The summed E-state index contributed by atoms with van der Waals surface area (Å²) in [6, 6.07) is 15.2. The number of benzene rings is 2. The van der Waals surface area contributed by atoms with E-state index in [1.165, 1.54) is 0 Å². The first-order valence-corrected chi connectivity index (χ1v) is 6.42. The van der Waals surface area contributed by atoms with E-state index in [1.807, 2.05) is 55.5 Å². The molecule has 20 heavy (non-hydrogen) atoms. The Hall–Kier alpha value is -2.55. The lowest BCUT2D eigenvalue weighted by Gasteiger charge is -2.25. The Bertz CT molecular complexity index is 684. The molecule has 0 fully saturated rings. The van der Waals surface area contributed by atoms with Crippen LogP contribution in [0.1, 0.15) is 22.8 Å². The molecule has 0 saturated carbocycles. The van der Waals surface area contributed by atoms with E-state index in [0.717, 1.165) is 16.7 Å². The molecule has 0 aliphatic carbocycles. The molecule has 0 bridgehead atoms. The summed E-state index contributed by atoms with van der Waals surface area (Å²) in [5, 5.41) is 9.40. The van der Waals surface area contributed by atoms with E-state index in [2.05, 4.69) is 0 Å². The zero-order chi connectivity index (χ0) is 14.1. The number of carboxylic acid groups (broad SMARTS) is 1. The average molecular weight is 266 g/mol. The SMILES string of the molecule is Cc1ccc(C2Oc3ccccc3C=C2C(=O)O)cc1. The predicted octanol–water partition coefficient (Wildman–Crippen LogP) is 3.60. The third kappa shape index (κ3) is 2.18. The van der Waals surface area contributed by atoms with Crippen molar-refractivity contribution in [3.8, 4) is 5.75 Å². The third-order valence-corrected chi connectivity index (χ3v) is 3.38. The van der Waals surface area contributed by atoms with Crippen molar-refractivity contribution in [1.82, 2.24) is 0 Å². The maximum absolute atomic E-state index is 11.5. The summed E-state index contributed by atoms with van der Waals surface area (Å²) < 4.78 is 5.88. The first kappa shape index (κ1) is 12.5. The molecular formula is C17H14O3. The van der Waals surface area contributed by atoms with E-state index in [0.29, 0.717) is 5.75 Å². The van der Waals surface area contributed by atoms with Gasteiger partial charge in [0.15, 0.2) is 6.10 Å². The molecule has 1 aliphatic rings. The van der Waals surface area contributed by atoms with Gasteiger partial charge in [-0.05, 0) is 24.6 Å². The molecule has 1 aliphatic heterocycles. The summed E-state index contributed by atoms with van der Waals surface area (Å²) in [6.45, 7) is 1.99. The van der Waals surface area contributed by atoms with Gasteiger partial charge in [-0.2, -0.15) is 0 Å². The lowest BCUT2D eigenvalue weighted by atomic mass is 9.95. The highest BCUT2D eigenvalue weighted by Gasteiger charge is 2.28. The van der Waals surface area contributed by atoms with Crippen molar-refractivity contribution in [2.45, 2.75) is 13.0 Å². The van der Waals surface area contributed by atoms with Crippen LogP contribution in [0.5, 0.6) is 5.75 Å². The zero-order valence-electron chi connectivity index (χ0n) is 11.0. The highest BCUT2D eigenvalue weighted by atomic mass is 16.5. The molecule has 0 aromatic heterocycles. The molecule has 1 N–H and O–H groups in total. The van der Waals surface area contributed by atoms with Gasteiger partial charge in [0.1, 0.15) is 5.75 Å². The van der Waals surface area contributed by atoms with E-state index in [4.69, 9.17) is 4.74 Å². The Balaban J connectivity index is 2.08. The fourth-order valence-corrected chi connectivity index (χ4v) is 2.30. The van der Waals surface area contributed by atoms with Crippen LogP contribution < -0.4 is 4.74 Å². The lowest BCUT2D eigenvalue weighted by Crippen LogP contribution is -2.20. The molecule has 2 aromatic carbocycles. The van der Waals surface area contributed by atoms with Gasteiger partial charge in [-0.1, -0.05) is 48.0 Å². The summed E-state index contributed by atoms with van der Waals surface area (Å²) in [5.41, 5.74) is 3.03. The fraction of sp³-hybridized carbons (Fsp3) is 0.118. The maximum Gasteiger partial charge on any atom is 0.335 e. The van der Waals surface area contributed by atoms with Crippen LogP contribution in [0, 0.1) is 6.92 Å². The molecule has 0 saturated heterocycles. The average Bonchev–Trinajstić information content (AvgIpc) is 2.46. The van der Waals surface area contributed by atoms with Crippen molar-refractivity contribution in [2.75, 3.05) is 0 Å².